The number of hydrogen-bond acceptors (Lipinski definition) is 1. The molecule has 0 aliphatic rings. The molecule has 1 unspecified atom stereocenters. The monoisotopic (exact) mass is 245 g/mol. The summed E-state index contributed by atoms with van der Waals surface area (Å²) in [7, 11) is 0. The number of aryl methyl sites for hydroxylation is 1. The Kier molecular flexibility index (Phi) is 3.51. The maximum Gasteiger partial charge on any atom is 0.0459 e. The summed E-state index contributed by atoms with van der Waals surface area (Å²) >= 11 is 6.23. The molecule has 0 spiro atoms. The predicted molar refractivity (Wildman–Crippen MR) is 74.2 cm³/mol. The van der Waals surface area contributed by atoms with Gasteiger partial charge in [-0.25, -0.2) is 0 Å². The van der Waals surface area contributed by atoms with Gasteiger partial charge in [-0.15, -0.1) is 0 Å². The zero-order valence-electron chi connectivity index (χ0n) is 10.1. The molecule has 2 aromatic rings. The molecule has 0 aromatic heterocycles. The lowest BCUT2D eigenvalue weighted by Crippen LogP contribution is -2.05. The summed E-state index contributed by atoms with van der Waals surface area (Å²) in [6, 6.07) is 14.4. The fraction of sp³-hybridized carbons (Fsp3) is 0.200. The fourth-order valence-electron chi connectivity index (χ4n) is 1.90. The number of hydrogen-bond donors (Lipinski definition) is 1. The lowest BCUT2D eigenvalue weighted by atomic mass is 10.0. The van der Waals surface area contributed by atoms with Gasteiger partial charge < -0.3 is 5.73 Å². The van der Waals surface area contributed by atoms with Gasteiger partial charge in [0.1, 0.15) is 0 Å². The Bertz CT molecular complexity index is 532. The van der Waals surface area contributed by atoms with E-state index >= 15 is 0 Å². The first-order chi connectivity index (χ1) is 8.08. The van der Waals surface area contributed by atoms with E-state index < -0.39 is 0 Å². The van der Waals surface area contributed by atoms with Crippen molar-refractivity contribution in [3.05, 3.63) is 58.6 Å². The van der Waals surface area contributed by atoms with Crippen LogP contribution in [0.4, 0.5) is 0 Å². The van der Waals surface area contributed by atoms with E-state index in [1.54, 1.807) is 0 Å². The highest BCUT2D eigenvalue weighted by Crippen LogP contribution is 2.28. The van der Waals surface area contributed by atoms with Crippen LogP contribution in [0.25, 0.3) is 11.1 Å². The third-order valence-corrected chi connectivity index (χ3v) is 3.17. The van der Waals surface area contributed by atoms with E-state index in [2.05, 4.69) is 37.3 Å². The lowest BCUT2D eigenvalue weighted by molar-refractivity contribution is 0.819. The smallest absolute Gasteiger partial charge is 0.0459 e. The molecule has 0 radical (unpaired) electrons. The Balaban J connectivity index is 2.44. The van der Waals surface area contributed by atoms with Gasteiger partial charge in [-0.1, -0.05) is 53.6 Å². The summed E-state index contributed by atoms with van der Waals surface area (Å²) in [6.07, 6.45) is 0. The van der Waals surface area contributed by atoms with Crippen molar-refractivity contribution in [1.29, 1.82) is 0 Å². The van der Waals surface area contributed by atoms with Crippen LogP contribution in [0, 0.1) is 6.92 Å². The summed E-state index contributed by atoms with van der Waals surface area (Å²) in [6.45, 7) is 4.02. The van der Waals surface area contributed by atoms with Crippen LogP contribution >= 0.6 is 11.6 Å². The number of benzene rings is 2. The van der Waals surface area contributed by atoms with E-state index in [4.69, 9.17) is 17.3 Å². The molecule has 88 valence electrons. The van der Waals surface area contributed by atoms with Gasteiger partial charge in [0.2, 0.25) is 0 Å². The standard InChI is InChI=1S/C15H16ClN/c1-10-4-3-5-12(8-10)13-6-7-14(11(2)17)15(16)9-13/h3-9,11H,17H2,1-2H3. The van der Waals surface area contributed by atoms with Gasteiger partial charge in [0.15, 0.2) is 0 Å². The van der Waals surface area contributed by atoms with Crippen molar-refractivity contribution in [2.45, 2.75) is 19.9 Å². The van der Waals surface area contributed by atoms with Gasteiger partial charge in [0, 0.05) is 11.1 Å². The summed E-state index contributed by atoms with van der Waals surface area (Å²) < 4.78 is 0. The highest BCUT2D eigenvalue weighted by atomic mass is 35.5. The van der Waals surface area contributed by atoms with Crippen LogP contribution in [0.2, 0.25) is 5.02 Å². The van der Waals surface area contributed by atoms with Crippen LogP contribution in [0.5, 0.6) is 0 Å². The lowest BCUT2D eigenvalue weighted by Gasteiger charge is -2.10. The average molecular weight is 246 g/mol. The first-order valence-electron chi connectivity index (χ1n) is 5.70. The molecule has 0 bridgehead atoms. The van der Waals surface area contributed by atoms with Gasteiger partial charge in [-0.2, -0.15) is 0 Å². The maximum absolute atomic E-state index is 6.23. The second-order valence-electron chi connectivity index (χ2n) is 4.39. The number of nitrogens with two attached hydrogens (primary N) is 1. The Morgan fingerprint density at radius 3 is 2.35 bits per heavy atom. The summed E-state index contributed by atoms with van der Waals surface area (Å²) in [5, 5.41) is 0.735. The average Bonchev–Trinajstić information content (AvgIpc) is 2.28. The minimum absolute atomic E-state index is 0.0333. The van der Waals surface area contributed by atoms with Crippen molar-refractivity contribution in [3.63, 3.8) is 0 Å². The van der Waals surface area contributed by atoms with Crippen molar-refractivity contribution in [1.82, 2.24) is 0 Å². The third-order valence-electron chi connectivity index (χ3n) is 2.84. The van der Waals surface area contributed by atoms with E-state index in [1.807, 2.05) is 19.1 Å². The Hall–Kier alpha value is -1.31. The molecule has 1 atom stereocenters. The molecule has 0 aliphatic heterocycles. The topological polar surface area (TPSA) is 26.0 Å². The van der Waals surface area contributed by atoms with Gasteiger partial charge in [-0.3, -0.25) is 0 Å². The van der Waals surface area contributed by atoms with Crippen LogP contribution in [-0.2, 0) is 0 Å². The largest absolute Gasteiger partial charge is 0.324 e. The predicted octanol–water partition coefficient (Wildman–Crippen LogP) is 4.34. The van der Waals surface area contributed by atoms with E-state index in [1.165, 1.54) is 11.1 Å². The van der Waals surface area contributed by atoms with Crippen LogP contribution < -0.4 is 5.73 Å². The van der Waals surface area contributed by atoms with Gasteiger partial charge in [0.05, 0.1) is 0 Å². The molecule has 2 heteroatoms. The first-order valence-corrected chi connectivity index (χ1v) is 6.08. The van der Waals surface area contributed by atoms with E-state index in [0.29, 0.717) is 0 Å². The first kappa shape index (κ1) is 12.2. The van der Waals surface area contributed by atoms with E-state index in [0.717, 1.165) is 16.1 Å². The van der Waals surface area contributed by atoms with Crippen molar-refractivity contribution in [3.8, 4) is 11.1 Å². The minimum atomic E-state index is -0.0333. The molecule has 0 aliphatic carbocycles. The van der Waals surface area contributed by atoms with E-state index in [9.17, 15) is 0 Å². The second kappa shape index (κ2) is 4.91. The van der Waals surface area contributed by atoms with Crippen LogP contribution in [0.15, 0.2) is 42.5 Å². The summed E-state index contributed by atoms with van der Waals surface area (Å²) in [5.74, 6) is 0. The molecule has 0 amide bonds. The quantitative estimate of drug-likeness (QED) is 0.837. The van der Waals surface area contributed by atoms with Crippen molar-refractivity contribution in [2.75, 3.05) is 0 Å². The van der Waals surface area contributed by atoms with Gasteiger partial charge >= 0.3 is 0 Å². The normalized spacial score (nSPS) is 12.5. The Morgan fingerprint density at radius 2 is 1.76 bits per heavy atom. The highest BCUT2D eigenvalue weighted by molar-refractivity contribution is 6.31. The zero-order chi connectivity index (χ0) is 12.4. The molecule has 17 heavy (non-hydrogen) atoms. The van der Waals surface area contributed by atoms with Crippen molar-refractivity contribution in [2.24, 2.45) is 5.73 Å². The summed E-state index contributed by atoms with van der Waals surface area (Å²) in [5.41, 5.74) is 10.4. The highest BCUT2D eigenvalue weighted by Gasteiger charge is 2.07. The zero-order valence-corrected chi connectivity index (χ0v) is 10.8. The van der Waals surface area contributed by atoms with Gasteiger partial charge in [-0.05, 0) is 36.6 Å². The summed E-state index contributed by atoms with van der Waals surface area (Å²) in [4.78, 5) is 0. The van der Waals surface area contributed by atoms with Crippen molar-refractivity contribution < 1.29 is 0 Å². The van der Waals surface area contributed by atoms with E-state index in [-0.39, 0.29) is 6.04 Å². The van der Waals surface area contributed by atoms with Gasteiger partial charge in [0.25, 0.3) is 0 Å². The molecule has 2 aromatic carbocycles. The number of halogens is 1. The molecule has 2 rings (SSSR count). The Labute approximate surface area is 107 Å². The maximum atomic E-state index is 6.23. The molecular formula is C15H16ClN. The fourth-order valence-corrected chi connectivity index (χ4v) is 2.25. The molecule has 0 saturated carbocycles. The van der Waals surface area contributed by atoms with Crippen LogP contribution in [0.1, 0.15) is 24.1 Å². The SMILES string of the molecule is Cc1cccc(-c2ccc(C(C)N)c(Cl)c2)c1. The van der Waals surface area contributed by atoms with Crippen LogP contribution in [-0.4, -0.2) is 0 Å². The second-order valence-corrected chi connectivity index (χ2v) is 4.80. The molecular weight excluding hydrogens is 230 g/mol. The third kappa shape index (κ3) is 2.68. The number of rotatable bonds is 2. The van der Waals surface area contributed by atoms with Crippen LogP contribution in [0.3, 0.4) is 0 Å². The minimum Gasteiger partial charge on any atom is -0.324 e. The molecule has 1 nitrogen and oxygen atoms in total. The molecule has 2 N–H and O–H groups in total. The Morgan fingerprint density at radius 1 is 1.06 bits per heavy atom. The molecule has 0 saturated heterocycles. The van der Waals surface area contributed by atoms with Crippen molar-refractivity contribution >= 4 is 11.6 Å². The molecule has 0 heterocycles. The molecule has 0 fully saturated rings.